The number of amides is 2. The molecule has 4 fully saturated rings. The molecule has 3 saturated heterocycles. The molecule has 1 aliphatic carbocycles. The van der Waals surface area contributed by atoms with E-state index in [1.807, 2.05) is 9.80 Å². The summed E-state index contributed by atoms with van der Waals surface area (Å²) in [4.78, 5) is 29.5. The first-order valence-corrected chi connectivity index (χ1v) is 9.49. The van der Waals surface area contributed by atoms with E-state index in [1.165, 1.54) is 12.1 Å². The van der Waals surface area contributed by atoms with Crippen molar-refractivity contribution in [2.45, 2.75) is 38.1 Å². The van der Waals surface area contributed by atoms with Gasteiger partial charge in [-0.2, -0.15) is 0 Å². The highest BCUT2D eigenvalue weighted by atomic mass is 35.5. The Labute approximate surface area is 152 Å². The lowest BCUT2D eigenvalue weighted by molar-refractivity contribution is -0.138. The average molecular weight is 363 g/mol. The Morgan fingerprint density at radius 2 is 1.88 bits per heavy atom. The van der Waals surface area contributed by atoms with Gasteiger partial charge in [-0.1, -0.05) is 18.0 Å². The maximum atomic E-state index is 13.0. The van der Waals surface area contributed by atoms with Gasteiger partial charge in [-0.3, -0.25) is 9.59 Å². The number of rotatable bonds is 2. The minimum atomic E-state index is -0.187. The van der Waals surface area contributed by atoms with E-state index in [-0.39, 0.29) is 35.1 Å². The number of fused-ring (bicyclic) bond motifs is 4. The van der Waals surface area contributed by atoms with Gasteiger partial charge in [-0.15, -0.1) is 0 Å². The van der Waals surface area contributed by atoms with Gasteiger partial charge in [0.2, 0.25) is 5.91 Å². The van der Waals surface area contributed by atoms with E-state index in [9.17, 15) is 14.7 Å². The normalized spacial score (nSPS) is 26.3. The van der Waals surface area contributed by atoms with Crippen LogP contribution in [0.1, 0.15) is 42.5 Å². The SMILES string of the molecule is O=C(C1CCC1)N1C[C@@H]2CC[C@H](C1)N(C(=O)c1cc(Cl)ccc1O)C2. The Bertz CT molecular complexity index is 704. The Morgan fingerprint density at radius 1 is 1.08 bits per heavy atom. The second kappa shape index (κ2) is 6.52. The summed E-state index contributed by atoms with van der Waals surface area (Å²) in [6.07, 6.45) is 5.11. The molecule has 1 N–H and O–H groups in total. The van der Waals surface area contributed by atoms with Gasteiger partial charge < -0.3 is 14.9 Å². The second-order valence-electron chi connectivity index (χ2n) is 7.59. The van der Waals surface area contributed by atoms with Gasteiger partial charge in [0.15, 0.2) is 0 Å². The van der Waals surface area contributed by atoms with Gasteiger partial charge in [0.05, 0.1) is 5.56 Å². The van der Waals surface area contributed by atoms with Crippen molar-refractivity contribution in [1.82, 2.24) is 9.80 Å². The summed E-state index contributed by atoms with van der Waals surface area (Å²) in [5, 5.41) is 10.5. The third kappa shape index (κ3) is 3.10. The molecule has 3 aliphatic heterocycles. The zero-order chi connectivity index (χ0) is 17.6. The fraction of sp³-hybridized carbons (Fsp3) is 0.579. The molecule has 0 unspecified atom stereocenters. The quantitative estimate of drug-likeness (QED) is 0.880. The Balaban J connectivity index is 1.55. The number of aromatic hydroxyl groups is 1. The second-order valence-corrected chi connectivity index (χ2v) is 8.02. The molecule has 2 atom stereocenters. The van der Waals surface area contributed by atoms with Crippen molar-refractivity contribution in [3.05, 3.63) is 28.8 Å². The van der Waals surface area contributed by atoms with Crippen LogP contribution in [-0.2, 0) is 4.79 Å². The third-order valence-electron chi connectivity index (χ3n) is 5.93. The van der Waals surface area contributed by atoms with Crippen molar-refractivity contribution in [3.8, 4) is 5.75 Å². The number of nitrogens with zero attached hydrogens (tertiary/aromatic N) is 2. The summed E-state index contributed by atoms with van der Waals surface area (Å²) in [6.45, 7) is 2.00. The maximum Gasteiger partial charge on any atom is 0.257 e. The van der Waals surface area contributed by atoms with E-state index in [1.54, 1.807) is 6.07 Å². The van der Waals surface area contributed by atoms with Crippen molar-refractivity contribution >= 4 is 23.4 Å². The van der Waals surface area contributed by atoms with Crippen LogP contribution in [0.4, 0.5) is 0 Å². The molecule has 4 aliphatic rings. The van der Waals surface area contributed by atoms with Crippen molar-refractivity contribution in [1.29, 1.82) is 0 Å². The van der Waals surface area contributed by atoms with Crippen molar-refractivity contribution in [3.63, 3.8) is 0 Å². The van der Waals surface area contributed by atoms with E-state index in [4.69, 9.17) is 11.6 Å². The minimum Gasteiger partial charge on any atom is -0.507 e. The number of hydrogen-bond acceptors (Lipinski definition) is 3. The lowest BCUT2D eigenvalue weighted by Crippen LogP contribution is -2.48. The number of piperidine rings is 1. The molecule has 0 radical (unpaired) electrons. The summed E-state index contributed by atoms with van der Waals surface area (Å²) in [5.74, 6) is 0.541. The van der Waals surface area contributed by atoms with Crippen molar-refractivity contribution in [2.24, 2.45) is 11.8 Å². The van der Waals surface area contributed by atoms with E-state index in [0.717, 1.165) is 38.6 Å². The first kappa shape index (κ1) is 16.7. The summed E-state index contributed by atoms with van der Waals surface area (Å²) in [5.41, 5.74) is 0.247. The summed E-state index contributed by atoms with van der Waals surface area (Å²) in [7, 11) is 0. The number of hydrogen-bond donors (Lipinski definition) is 1. The van der Waals surface area contributed by atoms with Crippen LogP contribution in [0.5, 0.6) is 5.75 Å². The zero-order valence-corrected chi connectivity index (χ0v) is 14.9. The van der Waals surface area contributed by atoms with Crippen LogP contribution < -0.4 is 0 Å². The van der Waals surface area contributed by atoms with Crippen LogP contribution in [-0.4, -0.2) is 52.4 Å². The molecule has 2 amide bonds. The number of halogens is 1. The van der Waals surface area contributed by atoms with Gasteiger partial charge in [-0.05, 0) is 49.8 Å². The minimum absolute atomic E-state index is 0.0219. The molecule has 2 bridgehead atoms. The van der Waals surface area contributed by atoms with Crippen molar-refractivity contribution in [2.75, 3.05) is 19.6 Å². The predicted molar refractivity (Wildman–Crippen MR) is 94.6 cm³/mol. The average Bonchev–Trinajstić information content (AvgIpc) is 2.86. The number of carbonyl (C=O) groups excluding carboxylic acids is 2. The molecule has 5 rings (SSSR count). The predicted octanol–water partition coefficient (Wildman–Crippen LogP) is 2.91. The molecule has 3 heterocycles. The van der Waals surface area contributed by atoms with Crippen LogP contribution in [0.15, 0.2) is 18.2 Å². The highest BCUT2D eigenvalue weighted by molar-refractivity contribution is 6.31. The molecule has 1 saturated carbocycles. The van der Waals surface area contributed by atoms with E-state index < -0.39 is 0 Å². The van der Waals surface area contributed by atoms with Gasteiger partial charge >= 0.3 is 0 Å². The third-order valence-corrected chi connectivity index (χ3v) is 6.16. The molecular weight excluding hydrogens is 340 g/mol. The molecule has 134 valence electrons. The summed E-state index contributed by atoms with van der Waals surface area (Å²) in [6, 6.07) is 4.57. The topological polar surface area (TPSA) is 60.9 Å². The van der Waals surface area contributed by atoms with Crippen LogP contribution in [0, 0.1) is 11.8 Å². The fourth-order valence-corrected chi connectivity index (χ4v) is 4.43. The zero-order valence-electron chi connectivity index (χ0n) is 14.2. The maximum absolute atomic E-state index is 13.0. The molecular formula is C19H23ClN2O3. The van der Waals surface area contributed by atoms with Gasteiger partial charge in [0.25, 0.3) is 5.91 Å². The summed E-state index contributed by atoms with van der Waals surface area (Å²) < 4.78 is 0. The molecule has 0 spiro atoms. The first-order chi connectivity index (χ1) is 12.0. The standard InChI is InChI=1S/C19H23ClN2O3/c20-14-5-7-17(23)16(8-14)19(25)22-10-12-4-6-15(22)11-21(9-12)18(24)13-2-1-3-13/h5,7-8,12-13,15,23H,1-4,6,9-11H2/t12-,15+/m0/s1. The molecule has 1 aromatic rings. The summed E-state index contributed by atoms with van der Waals surface area (Å²) >= 11 is 6.00. The first-order valence-electron chi connectivity index (χ1n) is 9.11. The van der Waals surface area contributed by atoms with Gasteiger partial charge in [-0.25, -0.2) is 0 Å². The Kier molecular flexibility index (Phi) is 4.36. The van der Waals surface area contributed by atoms with Gasteiger partial charge in [0.1, 0.15) is 5.75 Å². The Hall–Kier alpha value is -1.75. The molecule has 25 heavy (non-hydrogen) atoms. The van der Waals surface area contributed by atoms with Gasteiger partial charge in [0, 0.05) is 36.6 Å². The number of phenolic OH excluding ortho intramolecular Hbond substituents is 1. The molecule has 1 aromatic carbocycles. The Morgan fingerprint density at radius 3 is 2.60 bits per heavy atom. The van der Waals surface area contributed by atoms with E-state index in [0.29, 0.717) is 24.0 Å². The van der Waals surface area contributed by atoms with Crippen LogP contribution in [0.25, 0.3) is 0 Å². The highest BCUT2D eigenvalue weighted by Gasteiger charge is 2.41. The number of phenols is 1. The van der Waals surface area contributed by atoms with Crippen LogP contribution in [0.2, 0.25) is 5.02 Å². The fourth-order valence-electron chi connectivity index (χ4n) is 4.26. The molecule has 5 nitrogen and oxygen atoms in total. The van der Waals surface area contributed by atoms with Crippen molar-refractivity contribution < 1.29 is 14.7 Å². The van der Waals surface area contributed by atoms with Crippen LogP contribution in [0.3, 0.4) is 0 Å². The highest BCUT2D eigenvalue weighted by Crippen LogP contribution is 2.34. The molecule has 0 aromatic heterocycles. The molecule has 6 heteroatoms. The lowest BCUT2D eigenvalue weighted by atomic mass is 9.84. The number of carbonyl (C=O) groups is 2. The van der Waals surface area contributed by atoms with E-state index in [2.05, 4.69) is 0 Å². The monoisotopic (exact) mass is 362 g/mol. The smallest absolute Gasteiger partial charge is 0.257 e. The van der Waals surface area contributed by atoms with E-state index >= 15 is 0 Å². The largest absolute Gasteiger partial charge is 0.507 e. The lowest BCUT2D eigenvalue weighted by Gasteiger charge is -2.36. The number of benzene rings is 1. The van der Waals surface area contributed by atoms with Crippen LogP contribution >= 0.6 is 11.6 Å².